The zero-order valence-electron chi connectivity index (χ0n) is 10.2. The summed E-state index contributed by atoms with van der Waals surface area (Å²) in [5.74, 6) is 0. The largest absolute Gasteiger partial charge is 0.719 e. The average molecular weight is 295 g/mol. The minimum atomic E-state index is -2.22. The van der Waals surface area contributed by atoms with E-state index in [1.54, 1.807) is 14.2 Å². The Bertz CT molecular complexity index is 294. The smallest absolute Gasteiger partial charge is 0.116 e. The first-order valence-corrected chi connectivity index (χ1v) is 9.28. The van der Waals surface area contributed by atoms with Crippen LogP contribution in [-0.2, 0) is 42.8 Å². The Hall–Kier alpha value is 0.905. The van der Waals surface area contributed by atoms with Crippen molar-refractivity contribution in [1.29, 1.82) is 0 Å². The van der Waals surface area contributed by atoms with E-state index in [1.807, 2.05) is 6.92 Å². The van der Waals surface area contributed by atoms with Crippen molar-refractivity contribution in [2.75, 3.05) is 27.0 Å². The maximum absolute atomic E-state index is 5.82. The molecular formula is C9H17BO4PS2-. The van der Waals surface area contributed by atoms with E-state index in [1.165, 1.54) is 0 Å². The quantitative estimate of drug-likeness (QED) is 0.410. The van der Waals surface area contributed by atoms with E-state index in [2.05, 4.69) is 0 Å². The van der Waals surface area contributed by atoms with Gasteiger partial charge >= 0.3 is 0 Å². The van der Waals surface area contributed by atoms with Crippen LogP contribution in [0.5, 0.6) is 0 Å². The molecule has 5 atom stereocenters. The fourth-order valence-corrected chi connectivity index (χ4v) is 3.08. The molecule has 0 aliphatic carbocycles. The summed E-state index contributed by atoms with van der Waals surface area (Å²) in [6.45, 7) is 2.31. The molecule has 1 saturated heterocycles. The van der Waals surface area contributed by atoms with Gasteiger partial charge in [0, 0.05) is 20.2 Å². The Labute approximate surface area is 114 Å². The minimum Gasteiger partial charge on any atom is -0.719 e. The molecule has 1 fully saturated rings. The number of methoxy groups -OCH3 is 2. The Kier molecular flexibility index (Phi) is 6.47. The van der Waals surface area contributed by atoms with Crippen LogP contribution in [0.25, 0.3) is 0 Å². The third-order valence-electron chi connectivity index (χ3n) is 2.62. The molecule has 1 aliphatic heterocycles. The molecule has 0 N–H and O–H groups in total. The lowest BCUT2D eigenvalue weighted by Gasteiger charge is -2.34. The van der Waals surface area contributed by atoms with Crippen LogP contribution >= 0.6 is 5.47 Å². The van der Waals surface area contributed by atoms with Crippen LogP contribution in [0.15, 0.2) is 0 Å². The highest BCUT2D eigenvalue weighted by Gasteiger charge is 2.43. The molecule has 0 spiro atoms. The molecule has 0 aromatic carbocycles. The summed E-state index contributed by atoms with van der Waals surface area (Å²) in [5, 5.41) is 0. The van der Waals surface area contributed by atoms with Gasteiger partial charge in [0.25, 0.3) is 0 Å². The highest BCUT2D eigenvalue weighted by Crippen LogP contribution is 2.48. The maximum atomic E-state index is 5.82. The summed E-state index contributed by atoms with van der Waals surface area (Å²) < 4.78 is 21.7. The van der Waals surface area contributed by atoms with Crippen LogP contribution < -0.4 is 0 Å². The van der Waals surface area contributed by atoms with E-state index < -0.39 is 11.5 Å². The van der Waals surface area contributed by atoms with Gasteiger partial charge in [-0.15, -0.1) is 0 Å². The average Bonchev–Trinajstić information content (AvgIpc) is 2.55. The van der Waals surface area contributed by atoms with Crippen molar-refractivity contribution in [1.82, 2.24) is 0 Å². The van der Waals surface area contributed by atoms with Crippen LogP contribution in [0.2, 0.25) is 0 Å². The maximum Gasteiger partial charge on any atom is 0.116 e. The van der Waals surface area contributed by atoms with Gasteiger partial charge in [-0.05, 0) is 6.16 Å². The van der Waals surface area contributed by atoms with Crippen LogP contribution in [0.1, 0.15) is 6.92 Å². The van der Waals surface area contributed by atoms with Crippen molar-refractivity contribution >= 4 is 37.4 Å². The monoisotopic (exact) mass is 295 g/mol. The van der Waals surface area contributed by atoms with E-state index in [4.69, 9.17) is 50.6 Å². The molecule has 0 bridgehead atoms. The Balaban J connectivity index is 2.77. The third-order valence-corrected chi connectivity index (χ3v) is 6.02. The highest BCUT2D eigenvalue weighted by molar-refractivity contribution is 8.53. The number of hydrogen-bond acceptors (Lipinski definition) is 6. The molecule has 1 aliphatic rings. The zero-order valence-corrected chi connectivity index (χ0v) is 12.7. The molecule has 1 heterocycles. The van der Waals surface area contributed by atoms with E-state index in [9.17, 15) is 0 Å². The van der Waals surface area contributed by atoms with Gasteiger partial charge < -0.3 is 31.0 Å². The van der Waals surface area contributed by atoms with E-state index in [-0.39, 0.29) is 18.3 Å². The molecule has 2 radical (unpaired) electrons. The SMILES string of the molecule is [B][C@@H]1O[C@H](COC)[C@H](OP(=S)([S-])CC)C1OC. The van der Waals surface area contributed by atoms with Gasteiger partial charge in [0.15, 0.2) is 0 Å². The minimum absolute atomic E-state index is 0.281. The summed E-state index contributed by atoms with van der Waals surface area (Å²) >= 11 is 10.5. The summed E-state index contributed by atoms with van der Waals surface area (Å²) in [6.07, 6.45) is -0.332. The molecule has 0 saturated carbocycles. The van der Waals surface area contributed by atoms with E-state index in [0.29, 0.717) is 12.8 Å². The summed E-state index contributed by atoms with van der Waals surface area (Å²) in [5.41, 5.74) is -2.22. The van der Waals surface area contributed by atoms with Crippen LogP contribution in [-0.4, -0.2) is 59.1 Å². The fourth-order valence-electron chi connectivity index (χ4n) is 1.71. The molecule has 1 rings (SSSR count). The Morgan fingerprint density at radius 3 is 2.53 bits per heavy atom. The van der Waals surface area contributed by atoms with Gasteiger partial charge in [0.1, 0.15) is 26.2 Å². The zero-order chi connectivity index (χ0) is 13.1. The molecule has 0 amide bonds. The highest BCUT2D eigenvalue weighted by atomic mass is 32.9. The summed E-state index contributed by atoms with van der Waals surface area (Å²) in [7, 11) is 8.98. The Morgan fingerprint density at radius 2 is 2.06 bits per heavy atom. The van der Waals surface area contributed by atoms with Crippen LogP contribution in [0, 0.1) is 0 Å². The van der Waals surface area contributed by atoms with Crippen molar-refractivity contribution in [2.45, 2.75) is 31.2 Å². The second kappa shape index (κ2) is 6.89. The van der Waals surface area contributed by atoms with Crippen molar-refractivity contribution in [3.05, 3.63) is 0 Å². The van der Waals surface area contributed by atoms with Crippen molar-refractivity contribution in [2.24, 2.45) is 0 Å². The van der Waals surface area contributed by atoms with Crippen molar-refractivity contribution < 1.29 is 18.7 Å². The Morgan fingerprint density at radius 1 is 1.41 bits per heavy atom. The van der Waals surface area contributed by atoms with Gasteiger partial charge in [-0.3, -0.25) is 0 Å². The molecule has 2 unspecified atom stereocenters. The topological polar surface area (TPSA) is 36.9 Å². The predicted octanol–water partition coefficient (Wildman–Crippen LogP) is 0.803. The molecule has 0 aromatic rings. The van der Waals surface area contributed by atoms with Gasteiger partial charge in [0.05, 0.1) is 6.61 Å². The predicted molar refractivity (Wildman–Crippen MR) is 74.2 cm³/mol. The third kappa shape index (κ3) is 4.20. The van der Waals surface area contributed by atoms with Gasteiger partial charge in [0.2, 0.25) is 0 Å². The lowest BCUT2D eigenvalue weighted by molar-refractivity contribution is -0.00935. The fraction of sp³-hybridized carbons (Fsp3) is 1.00. The molecule has 8 heteroatoms. The van der Waals surface area contributed by atoms with Gasteiger partial charge in [-0.2, -0.15) is 0 Å². The lowest BCUT2D eigenvalue weighted by atomic mass is 9.93. The van der Waals surface area contributed by atoms with Crippen molar-refractivity contribution in [3.8, 4) is 0 Å². The number of ether oxygens (including phenoxy) is 3. The van der Waals surface area contributed by atoms with Gasteiger partial charge in [-0.1, -0.05) is 24.2 Å². The van der Waals surface area contributed by atoms with Crippen molar-refractivity contribution in [3.63, 3.8) is 0 Å². The molecule has 98 valence electrons. The van der Waals surface area contributed by atoms with E-state index >= 15 is 0 Å². The normalized spacial score (nSPS) is 36.9. The first kappa shape index (κ1) is 16.0. The van der Waals surface area contributed by atoms with E-state index in [0.717, 1.165) is 0 Å². The first-order chi connectivity index (χ1) is 7.95. The van der Waals surface area contributed by atoms with Gasteiger partial charge in [-0.25, -0.2) is 0 Å². The summed E-state index contributed by atoms with van der Waals surface area (Å²) in [6, 6.07) is -0.535. The molecule has 0 aromatic heterocycles. The standard InChI is InChI=1S/C9H18BO4PS2/c1-4-15(16,17)14-7-6(5-11-2)13-9(10)8(7)12-3/h6-9H,4-5H2,1-3H3,(H,16,17)/p-1/t6-,7+,8?,9-/m1/s1. The number of hydrogen-bond donors (Lipinski definition) is 0. The second-order valence-electron chi connectivity index (χ2n) is 3.79. The first-order valence-electron chi connectivity index (χ1n) is 5.36. The molecule has 4 nitrogen and oxygen atoms in total. The second-order valence-corrected chi connectivity index (χ2v) is 10.1. The summed E-state index contributed by atoms with van der Waals surface area (Å²) in [4.78, 5) is 0. The number of rotatable bonds is 6. The molecular weight excluding hydrogens is 278 g/mol. The van der Waals surface area contributed by atoms with Crippen LogP contribution in [0.3, 0.4) is 0 Å². The lowest BCUT2D eigenvalue weighted by Crippen LogP contribution is -2.37. The van der Waals surface area contributed by atoms with Crippen LogP contribution in [0.4, 0.5) is 0 Å². The molecule has 17 heavy (non-hydrogen) atoms.